The van der Waals surface area contributed by atoms with Gasteiger partial charge in [-0.2, -0.15) is 0 Å². The molecule has 1 aliphatic heterocycles. The molecular weight excluding hydrogens is 194 g/mol. The molecule has 0 aromatic carbocycles. The Morgan fingerprint density at radius 1 is 1.60 bits per heavy atom. The minimum absolute atomic E-state index is 0.499. The van der Waals surface area contributed by atoms with Gasteiger partial charge in [-0.3, -0.25) is 4.68 Å². The second-order valence-electron chi connectivity index (χ2n) is 3.27. The van der Waals surface area contributed by atoms with Crippen LogP contribution in [0, 0.1) is 0 Å². The van der Waals surface area contributed by atoms with Crippen molar-refractivity contribution in [2.45, 2.75) is 13.0 Å². The van der Waals surface area contributed by atoms with Gasteiger partial charge in [0, 0.05) is 6.54 Å². The van der Waals surface area contributed by atoms with Gasteiger partial charge in [0.05, 0.1) is 6.20 Å². The summed E-state index contributed by atoms with van der Waals surface area (Å²) in [5, 5.41) is 7.90. The minimum atomic E-state index is 0.499. The highest BCUT2D eigenvalue weighted by Gasteiger charge is 2.16. The Morgan fingerprint density at radius 3 is 3.13 bits per heavy atom. The first-order valence-corrected chi connectivity index (χ1v) is 4.80. The summed E-state index contributed by atoms with van der Waals surface area (Å²) >= 11 is 0. The van der Waals surface area contributed by atoms with Gasteiger partial charge in [0.2, 0.25) is 5.90 Å². The van der Waals surface area contributed by atoms with E-state index in [0.29, 0.717) is 30.4 Å². The number of aromatic nitrogens is 3. The molecule has 0 bridgehead atoms. The zero-order valence-corrected chi connectivity index (χ0v) is 8.39. The standard InChI is InChI=1S/C9H13N5O/c1-7-5-11-9(15-7)8-6-14(13-12-8)4-2-3-10/h6H,1-5,10H2. The summed E-state index contributed by atoms with van der Waals surface area (Å²) in [4.78, 5) is 4.13. The van der Waals surface area contributed by atoms with Gasteiger partial charge in [-0.1, -0.05) is 11.8 Å². The van der Waals surface area contributed by atoms with E-state index in [1.165, 1.54) is 0 Å². The highest BCUT2D eigenvalue weighted by molar-refractivity contribution is 5.93. The van der Waals surface area contributed by atoms with Gasteiger partial charge in [-0.25, -0.2) is 4.99 Å². The van der Waals surface area contributed by atoms with Gasteiger partial charge in [0.15, 0.2) is 5.69 Å². The molecule has 0 atom stereocenters. The quantitative estimate of drug-likeness (QED) is 0.748. The molecular formula is C9H13N5O. The number of aryl methyl sites for hydroxylation is 1. The van der Waals surface area contributed by atoms with E-state index in [4.69, 9.17) is 10.5 Å². The number of nitrogens with zero attached hydrogens (tertiary/aromatic N) is 4. The van der Waals surface area contributed by atoms with Crippen LogP contribution in [0.1, 0.15) is 12.1 Å². The first kappa shape index (κ1) is 9.85. The molecule has 0 aliphatic carbocycles. The molecule has 0 unspecified atom stereocenters. The smallest absolute Gasteiger partial charge is 0.244 e. The topological polar surface area (TPSA) is 78.3 Å². The van der Waals surface area contributed by atoms with E-state index in [9.17, 15) is 0 Å². The van der Waals surface area contributed by atoms with Crippen molar-refractivity contribution in [3.05, 3.63) is 24.2 Å². The molecule has 0 fully saturated rings. The number of nitrogens with two attached hydrogens (primary N) is 1. The molecule has 1 aliphatic rings. The van der Waals surface area contributed by atoms with E-state index >= 15 is 0 Å². The summed E-state index contributed by atoms with van der Waals surface area (Å²) in [6.45, 7) is 5.59. The van der Waals surface area contributed by atoms with Crippen molar-refractivity contribution >= 4 is 5.90 Å². The van der Waals surface area contributed by atoms with Crippen LogP contribution >= 0.6 is 0 Å². The normalized spacial score (nSPS) is 15.3. The summed E-state index contributed by atoms with van der Waals surface area (Å²) in [5.74, 6) is 1.14. The lowest BCUT2D eigenvalue weighted by Gasteiger charge is -1.96. The Morgan fingerprint density at radius 2 is 2.47 bits per heavy atom. The number of rotatable bonds is 4. The summed E-state index contributed by atoms with van der Waals surface area (Å²) in [7, 11) is 0. The number of ether oxygens (including phenoxy) is 1. The van der Waals surface area contributed by atoms with Crippen LogP contribution in [0.3, 0.4) is 0 Å². The van der Waals surface area contributed by atoms with Crippen molar-refractivity contribution in [2.75, 3.05) is 13.1 Å². The maximum Gasteiger partial charge on any atom is 0.244 e. The van der Waals surface area contributed by atoms with Crippen molar-refractivity contribution in [1.29, 1.82) is 0 Å². The zero-order chi connectivity index (χ0) is 10.7. The molecule has 2 heterocycles. The Hall–Kier alpha value is -1.69. The molecule has 0 saturated carbocycles. The van der Waals surface area contributed by atoms with E-state index in [-0.39, 0.29) is 0 Å². The van der Waals surface area contributed by atoms with Crippen LogP contribution in [0.2, 0.25) is 0 Å². The molecule has 0 saturated heterocycles. The summed E-state index contributed by atoms with van der Waals surface area (Å²) in [5.41, 5.74) is 6.05. The lowest BCUT2D eigenvalue weighted by atomic mass is 10.4. The molecule has 6 heteroatoms. The van der Waals surface area contributed by atoms with Crippen molar-refractivity contribution in [2.24, 2.45) is 10.7 Å². The maximum absolute atomic E-state index is 5.40. The Bertz CT molecular complexity index is 395. The average Bonchev–Trinajstić information content (AvgIpc) is 2.83. The van der Waals surface area contributed by atoms with Gasteiger partial charge in [-0.05, 0) is 13.0 Å². The molecule has 2 N–H and O–H groups in total. The van der Waals surface area contributed by atoms with Crippen molar-refractivity contribution in [1.82, 2.24) is 15.0 Å². The highest BCUT2D eigenvalue weighted by atomic mass is 16.5. The average molecular weight is 207 g/mol. The Kier molecular flexibility index (Phi) is 2.77. The SMILES string of the molecule is C=C1CN=C(c2cn(CCCN)nn2)O1. The van der Waals surface area contributed by atoms with Crippen LogP contribution in [-0.4, -0.2) is 34.0 Å². The Balaban J connectivity index is 2.04. The largest absolute Gasteiger partial charge is 0.440 e. The van der Waals surface area contributed by atoms with Crippen molar-refractivity contribution < 1.29 is 4.74 Å². The van der Waals surface area contributed by atoms with Gasteiger partial charge in [0.1, 0.15) is 12.3 Å². The molecule has 0 amide bonds. The van der Waals surface area contributed by atoms with E-state index in [2.05, 4.69) is 21.9 Å². The lowest BCUT2D eigenvalue weighted by Crippen LogP contribution is -2.06. The second-order valence-corrected chi connectivity index (χ2v) is 3.27. The van der Waals surface area contributed by atoms with Gasteiger partial charge in [0.25, 0.3) is 0 Å². The van der Waals surface area contributed by atoms with Crippen LogP contribution in [0.5, 0.6) is 0 Å². The molecule has 15 heavy (non-hydrogen) atoms. The van der Waals surface area contributed by atoms with Crippen molar-refractivity contribution in [3.8, 4) is 0 Å². The third kappa shape index (κ3) is 2.21. The van der Waals surface area contributed by atoms with Gasteiger partial charge < -0.3 is 10.5 Å². The molecule has 0 spiro atoms. The van der Waals surface area contributed by atoms with E-state index in [1.54, 1.807) is 10.9 Å². The predicted molar refractivity (Wildman–Crippen MR) is 55.3 cm³/mol. The molecule has 1 aromatic heterocycles. The molecule has 80 valence electrons. The third-order valence-corrected chi connectivity index (χ3v) is 1.99. The summed E-state index contributed by atoms with van der Waals surface area (Å²) in [6.07, 6.45) is 2.68. The number of hydrogen-bond donors (Lipinski definition) is 1. The fourth-order valence-electron chi connectivity index (χ4n) is 1.25. The van der Waals surface area contributed by atoms with E-state index < -0.39 is 0 Å². The number of aliphatic imine (C=N–C) groups is 1. The first-order valence-electron chi connectivity index (χ1n) is 4.80. The van der Waals surface area contributed by atoms with E-state index in [0.717, 1.165) is 13.0 Å². The van der Waals surface area contributed by atoms with Crippen LogP contribution in [0.15, 0.2) is 23.5 Å². The minimum Gasteiger partial charge on any atom is -0.440 e. The molecule has 1 aromatic rings. The highest BCUT2D eigenvalue weighted by Crippen LogP contribution is 2.10. The van der Waals surface area contributed by atoms with Crippen molar-refractivity contribution in [3.63, 3.8) is 0 Å². The summed E-state index contributed by atoms with van der Waals surface area (Å²) < 4.78 is 7.01. The Labute approximate surface area is 87.4 Å². The van der Waals surface area contributed by atoms with Crippen LogP contribution in [-0.2, 0) is 11.3 Å². The fraction of sp³-hybridized carbons (Fsp3) is 0.444. The fourth-order valence-corrected chi connectivity index (χ4v) is 1.25. The second kappa shape index (κ2) is 4.22. The predicted octanol–water partition coefficient (Wildman–Crippen LogP) is -0.0826. The van der Waals surface area contributed by atoms with Gasteiger partial charge in [-0.15, -0.1) is 5.10 Å². The molecule has 0 radical (unpaired) electrons. The van der Waals surface area contributed by atoms with E-state index in [1.807, 2.05) is 0 Å². The lowest BCUT2D eigenvalue weighted by molar-refractivity contribution is 0.441. The third-order valence-electron chi connectivity index (χ3n) is 1.99. The maximum atomic E-state index is 5.40. The number of hydrogen-bond acceptors (Lipinski definition) is 5. The zero-order valence-electron chi connectivity index (χ0n) is 8.39. The molecule has 6 nitrogen and oxygen atoms in total. The van der Waals surface area contributed by atoms with Crippen LogP contribution < -0.4 is 5.73 Å². The van der Waals surface area contributed by atoms with Crippen LogP contribution in [0.4, 0.5) is 0 Å². The molecule has 2 rings (SSSR count). The first-order chi connectivity index (χ1) is 7.29. The van der Waals surface area contributed by atoms with Crippen LogP contribution in [0.25, 0.3) is 0 Å². The van der Waals surface area contributed by atoms with Gasteiger partial charge >= 0.3 is 0 Å². The monoisotopic (exact) mass is 207 g/mol. The summed E-state index contributed by atoms with van der Waals surface area (Å²) in [6, 6.07) is 0.